The van der Waals surface area contributed by atoms with Crippen molar-refractivity contribution in [1.29, 1.82) is 5.26 Å². The Balaban J connectivity index is 1.45. The lowest BCUT2D eigenvalue weighted by Gasteiger charge is -2.16. The number of imide groups is 1. The molecule has 1 atom stereocenters. The number of amides is 2. The third kappa shape index (κ3) is 6.05. The van der Waals surface area contributed by atoms with Gasteiger partial charge in [-0.25, -0.2) is 14.7 Å². The third-order valence-electron chi connectivity index (χ3n) is 5.96. The molecule has 1 saturated heterocycles. The Labute approximate surface area is 230 Å². The highest BCUT2D eigenvalue weighted by Crippen LogP contribution is 2.39. The molecule has 0 radical (unpaired) electrons. The minimum Gasteiger partial charge on any atom is -0.454 e. The standard InChI is InChI=1S/C28H20F3N3O5S/c1-15-3-5-17(6-4-15)22(35)14-39-27(38)18-7-9-19(10-8-18)34-24(36)12-23(26(34)37)40-25-20(13-32)21(28(29,30)31)11-16(2)33-25/h3-11,23H,12,14H2,1-2H3. The molecule has 0 N–H and O–H groups in total. The molecule has 8 nitrogen and oxygen atoms in total. The molecule has 40 heavy (non-hydrogen) atoms. The van der Waals surface area contributed by atoms with Crippen LogP contribution >= 0.6 is 11.8 Å². The second kappa shape index (κ2) is 11.3. The first-order valence-corrected chi connectivity index (χ1v) is 12.7. The lowest BCUT2D eigenvalue weighted by molar-refractivity contribution is -0.138. The predicted octanol–water partition coefficient (Wildman–Crippen LogP) is 5.05. The third-order valence-corrected chi connectivity index (χ3v) is 7.13. The Morgan fingerprint density at radius 2 is 1.70 bits per heavy atom. The van der Waals surface area contributed by atoms with Crippen LogP contribution in [0.5, 0.6) is 0 Å². The number of nitriles is 1. The van der Waals surface area contributed by atoms with E-state index in [4.69, 9.17) is 4.74 Å². The van der Waals surface area contributed by atoms with Crippen LogP contribution in [0.3, 0.4) is 0 Å². The van der Waals surface area contributed by atoms with Gasteiger partial charge in [0.25, 0.3) is 0 Å². The molecule has 2 heterocycles. The van der Waals surface area contributed by atoms with Crippen LogP contribution in [-0.2, 0) is 20.5 Å². The highest BCUT2D eigenvalue weighted by Gasteiger charge is 2.42. The first-order chi connectivity index (χ1) is 18.9. The molecule has 0 saturated carbocycles. The van der Waals surface area contributed by atoms with Crippen LogP contribution in [0.25, 0.3) is 0 Å². The number of ketones is 1. The van der Waals surface area contributed by atoms with Crippen molar-refractivity contribution in [2.75, 3.05) is 11.5 Å². The summed E-state index contributed by atoms with van der Waals surface area (Å²) in [7, 11) is 0. The van der Waals surface area contributed by atoms with E-state index in [1.54, 1.807) is 24.3 Å². The molecular formula is C28H20F3N3O5S. The number of nitrogens with zero attached hydrogens (tertiary/aromatic N) is 3. The number of hydrogen-bond donors (Lipinski definition) is 0. The van der Waals surface area contributed by atoms with Gasteiger partial charge in [0.15, 0.2) is 12.4 Å². The number of hydrogen-bond acceptors (Lipinski definition) is 8. The number of Topliss-reactive ketones (excluding diaryl/α,β-unsaturated/α-hetero) is 1. The van der Waals surface area contributed by atoms with Crippen molar-refractivity contribution < 1.29 is 37.1 Å². The molecule has 1 fully saturated rings. The predicted molar refractivity (Wildman–Crippen MR) is 138 cm³/mol. The number of alkyl halides is 3. The molecule has 204 valence electrons. The van der Waals surface area contributed by atoms with Crippen LogP contribution < -0.4 is 4.90 Å². The van der Waals surface area contributed by atoms with Crippen molar-refractivity contribution >= 4 is 41.0 Å². The fraction of sp³-hybridized carbons (Fsp3) is 0.214. The fourth-order valence-corrected chi connectivity index (χ4v) is 5.12. The number of rotatable bonds is 7. The monoisotopic (exact) mass is 567 g/mol. The molecule has 1 unspecified atom stereocenters. The summed E-state index contributed by atoms with van der Waals surface area (Å²) in [6.45, 7) is 2.73. The number of halogens is 3. The van der Waals surface area contributed by atoms with Crippen LogP contribution in [0.2, 0.25) is 0 Å². The summed E-state index contributed by atoms with van der Waals surface area (Å²) >= 11 is 0.622. The average Bonchev–Trinajstić information content (AvgIpc) is 3.18. The maximum Gasteiger partial charge on any atom is 0.417 e. The average molecular weight is 568 g/mol. The number of carbonyl (C=O) groups is 4. The van der Waals surface area contributed by atoms with Gasteiger partial charge in [0.05, 0.1) is 27.6 Å². The van der Waals surface area contributed by atoms with Gasteiger partial charge >= 0.3 is 12.1 Å². The number of carbonyl (C=O) groups excluding carboxylic acids is 4. The summed E-state index contributed by atoms with van der Waals surface area (Å²) in [6, 6.07) is 14.4. The van der Waals surface area contributed by atoms with Gasteiger partial charge in [-0.2, -0.15) is 18.4 Å². The normalized spacial score (nSPS) is 15.2. The lowest BCUT2D eigenvalue weighted by atomic mass is 10.1. The zero-order valence-electron chi connectivity index (χ0n) is 21.1. The molecule has 0 bridgehead atoms. The molecule has 3 aromatic rings. The first-order valence-electron chi connectivity index (χ1n) is 11.8. The first kappa shape index (κ1) is 28.5. The van der Waals surface area contributed by atoms with E-state index in [2.05, 4.69) is 4.98 Å². The number of pyridine rings is 1. The molecule has 1 aromatic heterocycles. The summed E-state index contributed by atoms with van der Waals surface area (Å²) in [6.07, 6.45) is -5.12. The Kier molecular flexibility index (Phi) is 8.06. The second-order valence-electron chi connectivity index (χ2n) is 8.89. The van der Waals surface area contributed by atoms with Gasteiger partial charge in [0.2, 0.25) is 11.8 Å². The molecule has 1 aliphatic heterocycles. The van der Waals surface area contributed by atoms with E-state index in [9.17, 15) is 37.6 Å². The molecule has 0 spiro atoms. The van der Waals surface area contributed by atoms with E-state index in [-0.39, 0.29) is 34.2 Å². The fourth-order valence-electron chi connectivity index (χ4n) is 3.95. The van der Waals surface area contributed by atoms with Gasteiger partial charge < -0.3 is 4.74 Å². The molecule has 2 amide bonds. The van der Waals surface area contributed by atoms with Crippen molar-refractivity contribution in [2.24, 2.45) is 0 Å². The van der Waals surface area contributed by atoms with E-state index in [0.717, 1.165) is 16.5 Å². The van der Waals surface area contributed by atoms with Crippen LogP contribution in [0.1, 0.15) is 49.5 Å². The Morgan fingerprint density at radius 3 is 2.30 bits per heavy atom. The zero-order chi connectivity index (χ0) is 29.2. The number of benzene rings is 2. The molecule has 4 rings (SSSR count). The largest absolute Gasteiger partial charge is 0.454 e. The molecule has 12 heteroatoms. The highest BCUT2D eigenvalue weighted by molar-refractivity contribution is 8.00. The van der Waals surface area contributed by atoms with Crippen LogP contribution in [0.15, 0.2) is 59.6 Å². The second-order valence-corrected chi connectivity index (χ2v) is 10.1. The summed E-state index contributed by atoms with van der Waals surface area (Å²) in [5, 5.41) is 7.97. The van der Waals surface area contributed by atoms with E-state index in [1.807, 2.05) is 6.92 Å². The highest BCUT2D eigenvalue weighted by atomic mass is 32.2. The number of ether oxygens (including phenoxy) is 1. The number of aryl methyl sites for hydroxylation is 2. The Bertz CT molecular complexity index is 1550. The van der Waals surface area contributed by atoms with Gasteiger partial charge in [0, 0.05) is 17.7 Å². The van der Waals surface area contributed by atoms with Gasteiger partial charge in [0.1, 0.15) is 11.1 Å². The zero-order valence-corrected chi connectivity index (χ0v) is 21.9. The summed E-state index contributed by atoms with van der Waals surface area (Å²) in [5.74, 6) is -2.47. The SMILES string of the molecule is Cc1ccc(C(=O)COC(=O)c2ccc(N3C(=O)CC(Sc4nc(C)cc(C(F)(F)F)c4C#N)C3=O)cc2)cc1. The smallest absolute Gasteiger partial charge is 0.417 e. The van der Waals surface area contributed by atoms with Crippen molar-refractivity contribution in [3.63, 3.8) is 0 Å². The number of anilines is 1. The van der Waals surface area contributed by atoms with Crippen molar-refractivity contribution in [3.05, 3.63) is 88.1 Å². The van der Waals surface area contributed by atoms with E-state index in [1.165, 1.54) is 37.3 Å². The maximum absolute atomic E-state index is 13.4. The Morgan fingerprint density at radius 1 is 1.07 bits per heavy atom. The maximum atomic E-state index is 13.4. The van der Waals surface area contributed by atoms with Crippen molar-refractivity contribution in [2.45, 2.75) is 36.7 Å². The van der Waals surface area contributed by atoms with Gasteiger partial charge in [-0.3, -0.25) is 14.4 Å². The topological polar surface area (TPSA) is 117 Å². The summed E-state index contributed by atoms with van der Waals surface area (Å²) in [5.41, 5.74) is -0.294. The van der Waals surface area contributed by atoms with Gasteiger partial charge in [-0.15, -0.1) is 0 Å². The minimum absolute atomic E-state index is 0.00509. The minimum atomic E-state index is -4.80. The van der Waals surface area contributed by atoms with E-state index in [0.29, 0.717) is 17.3 Å². The number of thioether (sulfide) groups is 1. The van der Waals surface area contributed by atoms with Gasteiger partial charge in [-0.1, -0.05) is 41.6 Å². The molecule has 0 aliphatic carbocycles. The summed E-state index contributed by atoms with van der Waals surface area (Å²) in [4.78, 5) is 55.3. The van der Waals surface area contributed by atoms with Crippen LogP contribution in [-0.4, -0.2) is 40.4 Å². The molecule has 2 aromatic carbocycles. The lowest BCUT2D eigenvalue weighted by Crippen LogP contribution is -2.31. The Hall–Kier alpha value is -4.50. The number of esters is 1. The summed E-state index contributed by atoms with van der Waals surface area (Å²) < 4.78 is 45.4. The van der Waals surface area contributed by atoms with E-state index >= 15 is 0 Å². The van der Waals surface area contributed by atoms with Gasteiger partial charge in [-0.05, 0) is 44.2 Å². The van der Waals surface area contributed by atoms with Crippen molar-refractivity contribution in [1.82, 2.24) is 4.98 Å². The van der Waals surface area contributed by atoms with Crippen LogP contribution in [0, 0.1) is 25.2 Å². The molecule has 1 aliphatic rings. The molecular weight excluding hydrogens is 547 g/mol. The number of aromatic nitrogens is 1. The quantitative estimate of drug-likeness (QED) is 0.221. The van der Waals surface area contributed by atoms with E-state index < -0.39 is 46.9 Å². The van der Waals surface area contributed by atoms with Crippen LogP contribution in [0.4, 0.5) is 18.9 Å². The van der Waals surface area contributed by atoms with Crippen molar-refractivity contribution in [3.8, 4) is 6.07 Å².